The molecule has 0 saturated heterocycles. The number of ketones is 1. The second-order valence-corrected chi connectivity index (χ2v) is 6.30. The first kappa shape index (κ1) is 16.3. The molecule has 0 saturated carbocycles. The van der Waals surface area contributed by atoms with Gasteiger partial charge >= 0.3 is 0 Å². The molecule has 24 heavy (non-hydrogen) atoms. The third kappa shape index (κ3) is 3.35. The van der Waals surface area contributed by atoms with Gasteiger partial charge < -0.3 is 9.84 Å². The van der Waals surface area contributed by atoms with E-state index >= 15 is 0 Å². The Morgan fingerprint density at radius 1 is 1.04 bits per heavy atom. The van der Waals surface area contributed by atoms with Crippen molar-refractivity contribution >= 4 is 11.4 Å². The molecule has 0 spiro atoms. The quantitative estimate of drug-likeness (QED) is 0.870. The van der Waals surface area contributed by atoms with E-state index in [2.05, 4.69) is 0 Å². The lowest BCUT2D eigenvalue weighted by Gasteiger charge is -2.20. The van der Waals surface area contributed by atoms with Gasteiger partial charge in [0.2, 0.25) is 0 Å². The molecule has 1 N–H and O–H groups in total. The average molecular weight is 322 g/mol. The van der Waals surface area contributed by atoms with Gasteiger partial charge in [-0.15, -0.1) is 0 Å². The first-order valence-corrected chi connectivity index (χ1v) is 8.30. The molecule has 0 fully saturated rings. The molecule has 3 nitrogen and oxygen atoms in total. The van der Waals surface area contributed by atoms with Crippen molar-refractivity contribution in [3.63, 3.8) is 0 Å². The molecule has 0 radical (unpaired) electrons. The molecule has 0 atom stereocenters. The number of hydrogen-bond donors (Lipinski definition) is 1. The SMILES string of the molecule is Cc1cc(OCc2ccccc2)cc(C)c1C1=C(O)CCCC1=O. The highest BCUT2D eigenvalue weighted by molar-refractivity contribution is 6.22. The number of rotatable bonds is 4. The van der Waals surface area contributed by atoms with Crippen LogP contribution in [0.25, 0.3) is 5.57 Å². The minimum Gasteiger partial charge on any atom is -0.512 e. The predicted octanol–water partition coefficient (Wildman–Crippen LogP) is 4.90. The van der Waals surface area contributed by atoms with Gasteiger partial charge in [0.15, 0.2) is 5.78 Å². The summed E-state index contributed by atoms with van der Waals surface area (Å²) in [5.41, 5.74) is 4.36. The van der Waals surface area contributed by atoms with E-state index in [0.717, 1.165) is 34.4 Å². The van der Waals surface area contributed by atoms with Gasteiger partial charge in [-0.25, -0.2) is 0 Å². The van der Waals surface area contributed by atoms with Crippen molar-refractivity contribution in [2.75, 3.05) is 0 Å². The average Bonchev–Trinajstić information content (AvgIpc) is 2.56. The highest BCUT2D eigenvalue weighted by Gasteiger charge is 2.24. The van der Waals surface area contributed by atoms with Crippen molar-refractivity contribution in [2.45, 2.75) is 39.7 Å². The number of benzene rings is 2. The van der Waals surface area contributed by atoms with Crippen LogP contribution in [0.15, 0.2) is 48.2 Å². The van der Waals surface area contributed by atoms with Crippen molar-refractivity contribution in [2.24, 2.45) is 0 Å². The molecule has 0 bridgehead atoms. The fourth-order valence-electron chi connectivity index (χ4n) is 3.25. The first-order chi connectivity index (χ1) is 11.6. The van der Waals surface area contributed by atoms with Crippen LogP contribution in [0.3, 0.4) is 0 Å². The van der Waals surface area contributed by atoms with E-state index in [9.17, 15) is 9.90 Å². The zero-order valence-corrected chi connectivity index (χ0v) is 14.1. The number of aryl methyl sites for hydroxylation is 2. The van der Waals surface area contributed by atoms with Gasteiger partial charge in [0.1, 0.15) is 18.1 Å². The van der Waals surface area contributed by atoms with Crippen molar-refractivity contribution in [3.05, 3.63) is 70.5 Å². The van der Waals surface area contributed by atoms with Gasteiger partial charge in [0.05, 0.1) is 5.57 Å². The topological polar surface area (TPSA) is 46.5 Å². The van der Waals surface area contributed by atoms with E-state index in [1.165, 1.54) is 0 Å². The first-order valence-electron chi connectivity index (χ1n) is 8.30. The molecule has 124 valence electrons. The molecule has 2 aromatic carbocycles. The molecule has 0 amide bonds. The maximum absolute atomic E-state index is 12.3. The summed E-state index contributed by atoms with van der Waals surface area (Å²) in [5, 5.41) is 10.2. The van der Waals surface area contributed by atoms with Crippen LogP contribution in [0.2, 0.25) is 0 Å². The Morgan fingerprint density at radius 2 is 1.71 bits per heavy atom. The third-order valence-corrected chi connectivity index (χ3v) is 4.39. The van der Waals surface area contributed by atoms with Crippen LogP contribution < -0.4 is 4.74 Å². The maximum atomic E-state index is 12.3. The lowest BCUT2D eigenvalue weighted by Crippen LogP contribution is -2.13. The summed E-state index contributed by atoms with van der Waals surface area (Å²) in [7, 11) is 0. The van der Waals surface area contributed by atoms with Gasteiger partial charge in [-0.3, -0.25) is 4.79 Å². The molecule has 1 aliphatic carbocycles. The van der Waals surface area contributed by atoms with Crippen molar-refractivity contribution in [3.8, 4) is 5.75 Å². The van der Waals surface area contributed by atoms with Crippen LogP contribution in [-0.4, -0.2) is 10.9 Å². The Morgan fingerprint density at radius 3 is 2.33 bits per heavy atom. The smallest absolute Gasteiger partial charge is 0.166 e. The summed E-state index contributed by atoms with van der Waals surface area (Å²) in [4.78, 5) is 12.3. The predicted molar refractivity (Wildman–Crippen MR) is 95.1 cm³/mol. The Balaban J connectivity index is 1.88. The Bertz CT molecular complexity index is 765. The fraction of sp³-hybridized carbons (Fsp3) is 0.286. The minimum absolute atomic E-state index is 0.0305. The van der Waals surface area contributed by atoms with Crippen molar-refractivity contribution < 1.29 is 14.6 Å². The van der Waals surface area contributed by atoms with E-state index < -0.39 is 0 Å². The Labute approximate surface area is 142 Å². The largest absolute Gasteiger partial charge is 0.512 e. The molecule has 0 aromatic heterocycles. The molecule has 3 heteroatoms. The normalized spacial score (nSPS) is 14.8. The van der Waals surface area contributed by atoms with Crippen molar-refractivity contribution in [1.82, 2.24) is 0 Å². The number of hydrogen-bond acceptors (Lipinski definition) is 3. The lowest BCUT2D eigenvalue weighted by atomic mass is 9.86. The summed E-state index contributed by atoms with van der Waals surface area (Å²) in [6, 6.07) is 13.9. The van der Waals surface area contributed by atoms with Crippen LogP contribution in [0, 0.1) is 13.8 Å². The minimum atomic E-state index is 0.0305. The standard InChI is InChI=1S/C21H22O3/c1-14-11-17(24-13-16-7-4-3-5-8-16)12-15(2)20(14)21-18(22)9-6-10-19(21)23/h3-5,7-8,11-12,22H,6,9-10,13H2,1-2H3. The van der Waals surface area contributed by atoms with Crippen LogP contribution in [0.1, 0.15) is 41.5 Å². The van der Waals surface area contributed by atoms with E-state index in [4.69, 9.17) is 4.74 Å². The molecule has 0 unspecified atom stereocenters. The molecule has 0 aliphatic heterocycles. The number of ether oxygens (including phenoxy) is 1. The summed E-state index contributed by atoms with van der Waals surface area (Å²) in [5.74, 6) is 1.03. The number of Topliss-reactive ketones (excluding diaryl/α,β-unsaturated/α-hetero) is 1. The van der Waals surface area contributed by atoms with Gasteiger partial charge in [-0.1, -0.05) is 30.3 Å². The van der Waals surface area contributed by atoms with Gasteiger partial charge in [-0.2, -0.15) is 0 Å². The van der Waals surface area contributed by atoms with Gasteiger partial charge in [0.25, 0.3) is 0 Å². The summed E-state index contributed by atoms with van der Waals surface area (Å²) < 4.78 is 5.89. The highest BCUT2D eigenvalue weighted by Crippen LogP contribution is 2.34. The second kappa shape index (κ2) is 6.91. The number of aliphatic hydroxyl groups excluding tert-OH is 1. The lowest BCUT2D eigenvalue weighted by molar-refractivity contribution is -0.114. The molecule has 1 aliphatic rings. The molecule has 2 aromatic rings. The zero-order valence-electron chi connectivity index (χ0n) is 14.1. The van der Waals surface area contributed by atoms with E-state index in [1.54, 1.807) is 0 Å². The van der Waals surface area contributed by atoms with Gasteiger partial charge in [0, 0.05) is 12.8 Å². The van der Waals surface area contributed by atoms with E-state index in [0.29, 0.717) is 25.0 Å². The molecular formula is C21H22O3. The fourth-order valence-corrected chi connectivity index (χ4v) is 3.25. The summed E-state index contributed by atoms with van der Waals surface area (Å²) >= 11 is 0. The zero-order chi connectivity index (χ0) is 17.1. The third-order valence-electron chi connectivity index (χ3n) is 4.39. The Kier molecular flexibility index (Phi) is 4.70. The molecular weight excluding hydrogens is 300 g/mol. The number of allylic oxidation sites excluding steroid dienone is 2. The molecule has 0 heterocycles. The van der Waals surface area contributed by atoms with Crippen LogP contribution >= 0.6 is 0 Å². The van der Waals surface area contributed by atoms with Crippen molar-refractivity contribution in [1.29, 1.82) is 0 Å². The van der Waals surface area contributed by atoms with Gasteiger partial charge in [-0.05, 0) is 54.7 Å². The van der Waals surface area contributed by atoms with E-state index in [1.807, 2.05) is 56.3 Å². The van der Waals surface area contributed by atoms with Crippen LogP contribution in [0.5, 0.6) is 5.75 Å². The number of carbonyl (C=O) groups excluding carboxylic acids is 1. The number of carbonyl (C=O) groups is 1. The Hall–Kier alpha value is -2.55. The van der Waals surface area contributed by atoms with Crippen LogP contribution in [0.4, 0.5) is 0 Å². The van der Waals surface area contributed by atoms with E-state index in [-0.39, 0.29) is 11.5 Å². The highest BCUT2D eigenvalue weighted by atomic mass is 16.5. The maximum Gasteiger partial charge on any atom is 0.166 e. The second-order valence-electron chi connectivity index (χ2n) is 6.30. The monoisotopic (exact) mass is 322 g/mol. The summed E-state index contributed by atoms with van der Waals surface area (Å²) in [6.45, 7) is 4.42. The number of aliphatic hydroxyl groups is 1. The van der Waals surface area contributed by atoms with Crippen LogP contribution in [-0.2, 0) is 11.4 Å². The summed E-state index contributed by atoms with van der Waals surface area (Å²) in [6.07, 6.45) is 1.81. The molecule has 3 rings (SSSR count).